The Morgan fingerprint density at radius 2 is 1.45 bits per heavy atom. The standard InChI is InChI=1S/C33H28N2O6S/c1-21(36)35(26-18-11-19-40-26)27-31(38)34-20-25(28(37)22-12-5-2-6-13-22)30(42-32(27)34)33(39)41-29(23-14-7-3-8-15-23)24-16-9-4-10-17-24/h2-20,27-30,32,37H,1H3/t27?,28?,30?,32-/m1/s1. The van der Waals surface area contributed by atoms with Gasteiger partial charge < -0.3 is 19.2 Å². The molecule has 1 N–H and O–H groups in total. The van der Waals surface area contributed by atoms with Crippen LogP contribution in [0.2, 0.25) is 0 Å². The van der Waals surface area contributed by atoms with E-state index in [0.29, 0.717) is 11.1 Å². The first kappa shape index (κ1) is 27.6. The van der Waals surface area contributed by atoms with Crippen LogP contribution >= 0.6 is 11.8 Å². The lowest BCUT2D eigenvalue weighted by atomic mass is 9.96. The van der Waals surface area contributed by atoms with Gasteiger partial charge in [-0.2, -0.15) is 0 Å². The fourth-order valence-corrected chi connectivity index (χ4v) is 6.80. The van der Waals surface area contributed by atoms with E-state index in [1.54, 1.807) is 36.4 Å². The quantitative estimate of drug-likeness (QED) is 0.225. The first-order valence-electron chi connectivity index (χ1n) is 13.5. The Morgan fingerprint density at radius 3 is 1.98 bits per heavy atom. The number of rotatable bonds is 8. The van der Waals surface area contributed by atoms with Gasteiger partial charge >= 0.3 is 5.97 Å². The third-order valence-corrected chi connectivity index (χ3v) is 8.86. The fraction of sp³-hybridized carbons (Fsp3) is 0.182. The molecule has 3 heterocycles. The van der Waals surface area contributed by atoms with Gasteiger partial charge in [0.05, 0.1) is 6.26 Å². The lowest BCUT2D eigenvalue weighted by molar-refractivity contribution is -0.147. The molecule has 0 saturated carbocycles. The van der Waals surface area contributed by atoms with Gasteiger partial charge in [-0.1, -0.05) is 91.0 Å². The predicted molar refractivity (Wildman–Crippen MR) is 158 cm³/mol. The fourth-order valence-electron chi connectivity index (χ4n) is 5.32. The molecule has 212 valence electrons. The highest BCUT2D eigenvalue weighted by atomic mass is 32.2. The number of benzene rings is 3. The molecule has 1 saturated heterocycles. The summed E-state index contributed by atoms with van der Waals surface area (Å²) in [5.74, 6) is -1.03. The largest absolute Gasteiger partial charge is 0.451 e. The zero-order chi connectivity index (χ0) is 29.2. The van der Waals surface area contributed by atoms with E-state index in [1.165, 1.54) is 40.9 Å². The molecule has 9 heteroatoms. The molecule has 0 radical (unpaired) electrons. The zero-order valence-electron chi connectivity index (χ0n) is 22.6. The van der Waals surface area contributed by atoms with Crippen LogP contribution in [0, 0.1) is 0 Å². The minimum atomic E-state index is -1.16. The molecule has 1 aromatic heterocycles. The van der Waals surface area contributed by atoms with E-state index in [9.17, 15) is 19.5 Å². The molecule has 2 amide bonds. The number of esters is 1. The Morgan fingerprint density at radius 1 is 0.881 bits per heavy atom. The van der Waals surface area contributed by atoms with Gasteiger partial charge in [0.25, 0.3) is 5.91 Å². The van der Waals surface area contributed by atoms with E-state index in [4.69, 9.17) is 9.15 Å². The molecular formula is C33H28N2O6S. The highest BCUT2D eigenvalue weighted by Gasteiger charge is 2.57. The van der Waals surface area contributed by atoms with E-state index in [-0.39, 0.29) is 17.7 Å². The summed E-state index contributed by atoms with van der Waals surface area (Å²) < 4.78 is 11.7. The maximum Gasteiger partial charge on any atom is 0.324 e. The van der Waals surface area contributed by atoms with Gasteiger partial charge in [-0.05, 0) is 22.8 Å². The minimum Gasteiger partial charge on any atom is -0.451 e. The van der Waals surface area contributed by atoms with E-state index in [2.05, 4.69) is 0 Å². The number of hydrogen-bond donors (Lipinski definition) is 1. The number of aliphatic hydroxyl groups excluding tert-OH is 1. The smallest absolute Gasteiger partial charge is 0.324 e. The molecule has 8 nitrogen and oxygen atoms in total. The summed E-state index contributed by atoms with van der Waals surface area (Å²) in [6, 6.07) is 30.2. The summed E-state index contributed by atoms with van der Waals surface area (Å²) in [5.41, 5.74) is 2.50. The molecule has 3 aromatic carbocycles. The van der Waals surface area contributed by atoms with Gasteiger partial charge in [-0.3, -0.25) is 19.3 Å². The average Bonchev–Trinajstić information content (AvgIpc) is 3.57. The highest BCUT2D eigenvalue weighted by molar-refractivity contribution is 8.01. The van der Waals surface area contributed by atoms with Gasteiger partial charge in [-0.15, -0.1) is 11.8 Å². The van der Waals surface area contributed by atoms with Gasteiger partial charge in [0, 0.05) is 24.8 Å². The van der Waals surface area contributed by atoms with Crippen molar-refractivity contribution in [2.24, 2.45) is 0 Å². The predicted octanol–water partition coefficient (Wildman–Crippen LogP) is 5.24. The van der Waals surface area contributed by atoms with Crippen LogP contribution in [0.3, 0.4) is 0 Å². The molecule has 2 aliphatic heterocycles. The normalized spacial score (nSPS) is 20.3. The van der Waals surface area contributed by atoms with E-state index < -0.39 is 34.8 Å². The van der Waals surface area contributed by atoms with Crippen molar-refractivity contribution in [3.05, 3.63) is 138 Å². The van der Waals surface area contributed by atoms with Crippen LogP contribution in [0.15, 0.2) is 126 Å². The topological polar surface area (TPSA) is 100 Å². The average molecular weight is 581 g/mol. The van der Waals surface area contributed by atoms with Gasteiger partial charge in [0.2, 0.25) is 11.8 Å². The molecular weight excluding hydrogens is 552 g/mol. The molecule has 0 bridgehead atoms. The summed E-state index contributed by atoms with van der Waals surface area (Å²) in [5, 5.41) is 9.90. The SMILES string of the molecule is CC(=O)N(c1ccco1)C1C(=O)N2C=C(C(O)c3ccccc3)C(C(=O)OC(c3ccccc3)c3ccccc3)S[C@H]12. The number of nitrogens with zero attached hydrogens (tertiary/aromatic N) is 2. The Balaban J connectivity index is 1.36. The maximum absolute atomic E-state index is 14.1. The van der Waals surface area contributed by atoms with E-state index in [0.717, 1.165) is 11.1 Å². The Labute approximate surface area is 247 Å². The number of anilines is 1. The molecule has 42 heavy (non-hydrogen) atoms. The lowest BCUT2D eigenvalue weighted by Crippen LogP contribution is -2.70. The second-order valence-corrected chi connectivity index (χ2v) is 11.2. The summed E-state index contributed by atoms with van der Waals surface area (Å²) in [6.07, 6.45) is 1.11. The van der Waals surface area contributed by atoms with E-state index >= 15 is 0 Å². The van der Waals surface area contributed by atoms with Crippen molar-refractivity contribution in [2.75, 3.05) is 4.90 Å². The van der Waals surface area contributed by atoms with Crippen molar-refractivity contribution >= 4 is 35.4 Å². The van der Waals surface area contributed by atoms with Crippen molar-refractivity contribution in [3.63, 3.8) is 0 Å². The van der Waals surface area contributed by atoms with Crippen molar-refractivity contribution in [3.8, 4) is 0 Å². The Kier molecular flexibility index (Phi) is 7.69. The number of aliphatic hydroxyl groups is 1. The summed E-state index contributed by atoms with van der Waals surface area (Å²) in [6.45, 7) is 1.36. The van der Waals surface area contributed by atoms with E-state index in [1.807, 2.05) is 66.7 Å². The van der Waals surface area contributed by atoms with Crippen LogP contribution < -0.4 is 4.90 Å². The first-order chi connectivity index (χ1) is 20.4. The number of ether oxygens (including phenoxy) is 1. The maximum atomic E-state index is 14.1. The number of β-lactam (4-membered cyclic amide) rings is 1. The third-order valence-electron chi connectivity index (χ3n) is 7.36. The number of carbonyl (C=O) groups is 3. The third kappa shape index (κ3) is 5.13. The number of hydrogen-bond acceptors (Lipinski definition) is 7. The van der Waals surface area contributed by atoms with Crippen LogP contribution in [0.5, 0.6) is 0 Å². The van der Waals surface area contributed by atoms with Crippen molar-refractivity contribution in [2.45, 2.75) is 35.8 Å². The number of furan rings is 1. The molecule has 2 aliphatic rings. The van der Waals surface area contributed by atoms with Crippen molar-refractivity contribution < 1.29 is 28.6 Å². The number of amides is 2. The summed E-state index contributed by atoms with van der Waals surface area (Å²) in [7, 11) is 0. The summed E-state index contributed by atoms with van der Waals surface area (Å²) in [4.78, 5) is 42.9. The van der Waals surface area contributed by atoms with Crippen LogP contribution in [-0.4, -0.2) is 44.5 Å². The molecule has 6 rings (SSSR count). The highest BCUT2D eigenvalue weighted by Crippen LogP contribution is 2.47. The van der Waals surface area contributed by atoms with Crippen LogP contribution in [-0.2, 0) is 19.1 Å². The second kappa shape index (κ2) is 11.7. The lowest BCUT2D eigenvalue weighted by Gasteiger charge is -2.52. The molecule has 4 aromatic rings. The Bertz CT molecular complexity index is 1550. The van der Waals surface area contributed by atoms with Crippen LogP contribution in [0.4, 0.5) is 5.88 Å². The monoisotopic (exact) mass is 580 g/mol. The Hall–Kier alpha value is -4.60. The molecule has 0 aliphatic carbocycles. The summed E-state index contributed by atoms with van der Waals surface area (Å²) >= 11 is 1.17. The molecule has 0 spiro atoms. The van der Waals surface area contributed by atoms with Gasteiger partial charge in [0.1, 0.15) is 22.8 Å². The second-order valence-electron chi connectivity index (χ2n) is 10.0. The number of thioether (sulfide) groups is 1. The first-order valence-corrected chi connectivity index (χ1v) is 14.4. The molecule has 3 unspecified atom stereocenters. The molecule has 1 fully saturated rings. The van der Waals surface area contributed by atoms with Gasteiger partial charge in [0.15, 0.2) is 6.10 Å². The van der Waals surface area contributed by atoms with Crippen molar-refractivity contribution in [1.29, 1.82) is 0 Å². The zero-order valence-corrected chi connectivity index (χ0v) is 23.5. The molecule has 4 atom stereocenters. The van der Waals surface area contributed by atoms with Gasteiger partial charge in [-0.25, -0.2) is 0 Å². The number of carbonyl (C=O) groups excluding carboxylic acids is 3. The van der Waals surface area contributed by atoms with Crippen LogP contribution in [0.25, 0.3) is 0 Å². The van der Waals surface area contributed by atoms with Crippen molar-refractivity contribution in [1.82, 2.24) is 4.90 Å². The number of fused-ring (bicyclic) bond motifs is 1. The van der Waals surface area contributed by atoms with Crippen LogP contribution in [0.1, 0.15) is 35.8 Å². The minimum absolute atomic E-state index is 0.243.